The Morgan fingerprint density at radius 3 is 2.67 bits per heavy atom. The molecule has 2 N–H and O–H groups in total. The summed E-state index contributed by atoms with van der Waals surface area (Å²) in [6.45, 7) is 4.13. The normalized spacial score (nSPS) is 14.6. The summed E-state index contributed by atoms with van der Waals surface area (Å²) in [5.41, 5.74) is 8.82. The zero-order valence-electron chi connectivity index (χ0n) is 19.0. The molecule has 1 aliphatic rings. The van der Waals surface area contributed by atoms with Gasteiger partial charge in [0.1, 0.15) is 5.82 Å². The van der Waals surface area contributed by atoms with Gasteiger partial charge in [-0.15, -0.1) is 0 Å². The zero-order valence-corrected chi connectivity index (χ0v) is 19.0. The number of piperidine rings is 1. The third kappa shape index (κ3) is 4.54. The number of hydrogen-bond donors (Lipinski definition) is 1. The van der Waals surface area contributed by atoms with Gasteiger partial charge in [-0.05, 0) is 62.0 Å². The minimum Gasteiger partial charge on any atom is -0.493 e. The molecule has 0 saturated carbocycles. The summed E-state index contributed by atoms with van der Waals surface area (Å²) >= 11 is 0. The molecular weight excluding hydrogens is 414 g/mol. The lowest BCUT2D eigenvalue weighted by Crippen LogP contribution is -2.31. The van der Waals surface area contributed by atoms with Crippen molar-refractivity contribution in [3.63, 3.8) is 0 Å². The Morgan fingerprint density at radius 2 is 1.88 bits per heavy atom. The Labute approximate surface area is 193 Å². The summed E-state index contributed by atoms with van der Waals surface area (Å²) in [6.07, 6.45) is 10.3. The first-order chi connectivity index (χ1) is 16.2. The van der Waals surface area contributed by atoms with Crippen molar-refractivity contribution in [2.45, 2.75) is 25.7 Å². The Hall–Kier alpha value is -3.45. The van der Waals surface area contributed by atoms with Crippen molar-refractivity contribution in [1.29, 1.82) is 0 Å². The SMILES string of the molecule is COc1cc2c(cc1OCCCN1CCCCC1)ncc1c(N)nc(-c3cccnc3)cc12. The molecule has 7 nitrogen and oxygen atoms in total. The molecule has 170 valence electrons. The van der Waals surface area contributed by atoms with Gasteiger partial charge < -0.3 is 20.1 Å². The topological polar surface area (TPSA) is 86.4 Å². The standard InChI is InChI=1S/C26H29N5O2/c1-32-24-14-20-19-13-22(18-7-5-8-28-16-18)30-26(27)21(19)17-29-23(20)15-25(24)33-12-6-11-31-9-3-2-4-10-31/h5,7-8,13-17H,2-4,6,9-12H2,1H3,(H2,27,30). The number of methoxy groups -OCH3 is 1. The highest BCUT2D eigenvalue weighted by Gasteiger charge is 2.14. The van der Waals surface area contributed by atoms with Crippen LogP contribution >= 0.6 is 0 Å². The minimum absolute atomic E-state index is 0.442. The molecule has 5 rings (SSSR count). The minimum atomic E-state index is 0.442. The van der Waals surface area contributed by atoms with E-state index in [1.54, 1.807) is 25.7 Å². The van der Waals surface area contributed by atoms with E-state index in [0.29, 0.717) is 23.9 Å². The Balaban J connectivity index is 1.44. The fraction of sp³-hybridized carbons (Fsp3) is 0.346. The van der Waals surface area contributed by atoms with Crippen molar-refractivity contribution >= 4 is 27.5 Å². The lowest BCUT2D eigenvalue weighted by atomic mass is 10.0. The third-order valence-electron chi connectivity index (χ3n) is 6.28. The molecule has 1 aliphatic heterocycles. The maximum absolute atomic E-state index is 6.30. The van der Waals surface area contributed by atoms with Crippen LogP contribution in [0.5, 0.6) is 11.5 Å². The van der Waals surface area contributed by atoms with Crippen molar-refractivity contribution in [1.82, 2.24) is 19.9 Å². The molecule has 4 aromatic rings. The summed E-state index contributed by atoms with van der Waals surface area (Å²) in [5, 5.41) is 2.73. The maximum atomic E-state index is 6.30. The van der Waals surface area contributed by atoms with Crippen LogP contribution in [-0.2, 0) is 0 Å². The first-order valence-corrected chi connectivity index (χ1v) is 11.6. The molecule has 1 saturated heterocycles. The van der Waals surface area contributed by atoms with Crippen LogP contribution in [0.2, 0.25) is 0 Å². The first-order valence-electron chi connectivity index (χ1n) is 11.6. The smallest absolute Gasteiger partial charge is 0.163 e. The number of anilines is 1. The zero-order chi connectivity index (χ0) is 22.6. The number of rotatable bonds is 7. The average Bonchev–Trinajstić information content (AvgIpc) is 2.87. The number of pyridine rings is 3. The third-order valence-corrected chi connectivity index (χ3v) is 6.28. The number of nitrogen functional groups attached to an aromatic ring is 1. The van der Waals surface area contributed by atoms with Crippen LogP contribution in [0.3, 0.4) is 0 Å². The van der Waals surface area contributed by atoms with Crippen molar-refractivity contribution in [3.05, 3.63) is 48.9 Å². The van der Waals surface area contributed by atoms with Gasteiger partial charge in [0, 0.05) is 47.5 Å². The Bertz CT molecular complexity index is 1260. The van der Waals surface area contributed by atoms with Gasteiger partial charge >= 0.3 is 0 Å². The van der Waals surface area contributed by atoms with Crippen molar-refractivity contribution in [3.8, 4) is 22.8 Å². The van der Waals surface area contributed by atoms with Gasteiger partial charge in [0.2, 0.25) is 0 Å². The Kier molecular flexibility index (Phi) is 6.21. The van der Waals surface area contributed by atoms with Crippen LogP contribution in [0.1, 0.15) is 25.7 Å². The van der Waals surface area contributed by atoms with Crippen LogP contribution in [0.15, 0.2) is 48.9 Å². The van der Waals surface area contributed by atoms with Crippen LogP contribution in [0.25, 0.3) is 32.9 Å². The maximum Gasteiger partial charge on any atom is 0.163 e. The van der Waals surface area contributed by atoms with E-state index in [4.69, 9.17) is 15.2 Å². The number of nitrogens with two attached hydrogens (primary N) is 1. The number of fused-ring (bicyclic) bond motifs is 3. The largest absolute Gasteiger partial charge is 0.493 e. The molecule has 7 heteroatoms. The number of hydrogen-bond acceptors (Lipinski definition) is 7. The second-order valence-corrected chi connectivity index (χ2v) is 8.48. The molecular formula is C26H29N5O2. The summed E-state index contributed by atoms with van der Waals surface area (Å²) in [6, 6.07) is 9.83. The first kappa shape index (κ1) is 21.4. The monoisotopic (exact) mass is 443 g/mol. The number of aromatic nitrogens is 3. The predicted molar refractivity (Wildman–Crippen MR) is 132 cm³/mol. The van der Waals surface area contributed by atoms with Gasteiger partial charge in [0.05, 0.1) is 24.9 Å². The molecule has 0 bridgehead atoms. The predicted octanol–water partition coefficient (Wildman–Crippen LogP) is 4.69. The van der Waals surface area contributed by atoms with Gasteiger partial charge in [-0.1, -0.05) is 6.42 Å². The fourth-order valence-corrected chi connectivity index (χ4v) is 4.53. The quantitative estimate of drug-likeness (QED) is 0.327. The molecule has 33 heavy (non-hydrogen) atoms. The highest BCUT2D eigenvalue weighted by molar-refractivity contribution is 6.10. The molecule has 3 aromatic heterocycles. The van der Waals surface area contributed by atoms with Crippen LogP contribution in [0, 0.1) is 0 Å². The van der Waals surface area contributed by atoms with Crippen molar-refractivity contribution in [2.75, 3.05) is 39.1 Å². The highest BCUT2D eigenvalue weighted by atomic mass is 16.5. The second-order valence-electron chi connectivity index (χ2n) is 8.48. The second kappa shape index (κ2) is 9.58. The number of nitrogens with zero attached hydrogens (tertiary/aromatic N) is 4. The molecule has 0 spiro atoms. The highest BCUT2D eigenvalue weighted by Crippen LogP contribution is 2.37. The average molecular weight is 444 g/mol. The van der Waals surface area contributed by atoms with E-state index >= 15 is 0 Å². The molecule has 1 fully saturated rings. The van der Waals surface area contributed by atoms with Crippen molar-refractivity contribution in [2.24, 2.45) is 0 Å². The van der Waals surface area contributed by atoms with Gasteiger partial charge in [0.25, 0.3) is 0 Å². The molecule has 0 radical (unpaired) electrons. The van der Waals surface area contributed by atoms with E-state index in [1.807, 2.05) is 30.3 Å². The van der Waals surface area contributed by atoms with E-state index < -0.39 is 0 Å². The van der Waals surface area contributed by atoms with E-state index in [2.05, 4.69) is 19.9 Å². The van der Waals surface area contributed by atoms with Crippen LogP contribution in [0.4, 0.5) is 5.82 Å². The molecule has 4 heterocycles. The summed E-state index contributed by atoms with van der Waals surface area (Å²) in [5.74, 6) is 1.84. The van der Waals surface area contributed by atoms with Gasteiger partial charge in [-0.25, -0.2) is 4.98 Å². The number of ether oxygens (including phenoxy) is 2. The summed E-state index contributed by atoms with van der Waals surface area (Å²) in [7, 11) is 1.66. The molecule has 0 unspecified atom stereocenters. The van der Waals surface area contributed by atoms with E-state index in [1.165, 1.54) is 32.4 Å². The van der Waals surface area contributed by atoms with Gasteiger partial charge in [-0.2, -0.15) is 0 Å². The Morgan fingerprint density at radius 1 is 1.00 bits per heavy atom. The molecule has 0 aliphatic carbocycles. The van der Waals surface area contributed by atoms with E-state index in [0.717, 1.165) is 45.9 Å². The molecule has 0 atom stereocenters. The summed E-state index contributed by atoms with van der Waals surface area (Å²) in [4.78, 5) is 15.9. The number of benzene rings is 1. The number of likely N-dealkylation sites (tertiary alicyclic amines) is 1. The lowest BCUT2D eigenvalue weighted by molar-refractivity contribution is 0.203. The summed E-state index contributed by atoms with van der Waals surface area (Å²) < 4.78 is 11.8. The van der Waals surface area contributed by atoms with Crippen molar-refractivity contribution < 1.29 is 9.47 Å². The van der Waals surface area contributed by atoms with Crippen LogP contribution in [-0.4, -0.2) is 53.2 Å². The van der Waals surface area contributed by atoms with E-state index in [9.17, 15) is 0 Å². The molecule has 1 aromatic carbocycles. The van der Waals surface area contributed by atoms with E-state index in [-0.39, 0.29) is 0 Å². The van der Waals surface area contributed by atoms with Gasteiger partial charge in [-0.3, -0.25) is 9.97 Å². The lowest BCUT2D eigenvalue weighted by Gasteiger charge is -2.26. The van der Waals surface area contributed by atoms with Crippen LogP contribution < -0.4 is 15.2 Å². The molecule has 0 amide bonds. The van der Waals surface area contributed by atoms with Gasteiger partial charge in [0.15, 0.2) is 11.5 Å². The fourth-order valence-electron chi connectivity index (χ4n) is 4.53.